The van der Waals surface area contributed by atoms with Gasteiger partial charge in [-0.3, -0.25) is 4.79 Å². The van der Waals surface area contributed by atoms with Gasteiger partial charge in [0, 0.05) is 11.1 Å². The third-order valence-electron chi connectivity index (χ3n) is 3.22. The van der Waals surface area contributed by atoms with E-state index in [4.69, 9.17) is 16.7 Å². The highest BCUT2D eigenvalue weighted by atomic mass is 35.5. The molecule has 0 bridgehead atoms. The van der Waals surface area contributed by atoms with Gasteiger partial charge in [0.2, 0.25) is 0 Å². The van der Waals surface area contributed by atoms with Crippen molar-refractivity contribution in [3.8, 4) is 0 Å². The summed E-state index contributed by atoms with van der Waals surface area (Å²) in [5.41, 5.74) is 0.809. The minimum atomic E-state index is -0.947. The van der Waals surface area contributed by atoms with E-state index < -0.39 is 24.0 Å². The second-order valence-electron chi connectivity index (χ2n) is 4.78. The lowest BCUT2D eigenvalue weighted by atomic mass is 10.0. The van der Waals surface area contributed by atoms with E-state index in [-0.39, 0.29) is 6.04 Å². The van der Waals surface area contributed by atoms with Crippen molar-refractivity contribution < 1.29 is 14.7 Å². The number of nitrogens with one attached hydrogen (secondary N) is 2. The van der Waals surface area contributed by atoms with E-state index >= 15 is 0 Å². The highest BCUT2D eigenvalue weighted by Gasteiger charge is 2.21. The number of carboxylic acids is 1. The van der Waals surface area contributed by atoms with E-state index in [0.717, 1.165) is 5.56 Å². The highest BCUT2D eigenvalue weighted by Crippen LogP contribution is 2.21. The van der Waals surface area contributed by atoms with Crippen LogP contribution >= 0.6 is 11.6 Å². The van der Waals surface area contributed by atoms with Crippen LogP contribution in [0.15, 0.2) is 24.3 Å². The summed E-state index contributed by atoms with van der Waals surface area (Å²) in [6, 6.07) is 6.08. The monoisotopic (exact) mass is 298 g/mol. The topological polar surface area (TPSA) is 78.4 Å². The van der Waals surface area contributed by atoms with Crippen LogP contribution in [0.1, 0.15) is 32.4 Å². The van der Waals surface area contributed by atoms with Gasteiger partial charge in [-0.2, -0.15) is 0 Å². The number of halogens is 1. The summed E-state index contributed by atoms with van der Waals surface area (Å²) in [5, 5.41) is 14.8. The summed E-state index contributed by atoms with van der Waals surface area (Å²) < 4.78 is 0. The molecule has 1 rings (SSSR count). The molecule has 0 fully saturated rings. The van der Waals surface area contributed by atoms with Gasteiger partial charge >= 0.3 is 12.0 Å². The van der Waals surface area contributed by atoms with Gasteiger partial charge in [-0.05, 0) is 32.4 Å². The first-order chi connectivity index (χ1) is 9.32. The van der Waals surface area contributed by atoms with Crippen molar-refractivity contribution in [3.05, 3.63) is 34.9 Å². The number of hydrogen-bond donors (Lipinski definition) is 3. The van der Waals surface area contributed by atoms with Crippen LogP contribution in [0.5, 0.6) is 0 Å². The predicted molar refractivity (Wildman–Crippen MR) is 77.8 cm³/mol. The van der Waals surface area contributed by atoms with Gasteiger partial charge in [-0.15, -0.1) is 0 Å². The Labute approximate surface area is 123 Å². The maximum atomic E-state index is 11.8. The molecule has 2 amide bonds. The minimum Gasteiger partial charge on any atom is -0.481 e. The van der Waals surface area contributed by atoms with Gasteiger partial charge in [0.1, 0.15) is 0 Å². The van der Waals surface area contributed by atoms with Crippen LogP contribution in [0.2, 0.25) is 5.02 Å². The molecular formula is C14H19ClN2O3. The molecule has 1 aromatic carbocycles. The van der Waals surface area contributed by atoms with Gasteiger partial charge < -0.3 is 15.7 Å². The number of aliphatic carboxylic acids is 1. The van der Waals surface area contributed by atoms with Crippen molar-refractivity contribution >= 4 is 23.6 Å². The zero-order valence-electron chi connectivity index (χ0n) is 11.7. The van der Waals surface area contributed by atoms with Crippen molar-refractivity contribution in [1.82, 2.24) is 10.6 Å². The second-order valence-corrected chi connectivity index (χ2v) is 5.18. The number of benzene rings is 1. The third kappa shape index (κ3) is 4.42. The van der Waals surface area contributed by atoms with E-state index in [2.05, 4.69) is 10.6 Å². The lowest BCUT2D eigenvalue weighted by Crippen LogP contribution is -2.45. The number of carboxylic acid groups (broad SMARTS) is 1. The van der Waals surface area contributed by atoms with Crippen molar-refractivity contribution in [2.45, 2.75) is 32.9 Å². The van der Waals surface area contributed by atoms with Gasteiger partial charge in [0.25, 0.3) is 0 Å². The smallest absolute Gasteiger partial charge is 0.315 e. The fourth-order valence-electron chi connectivity index (χ4n) is 1.69. The lowest BCUT2D eigenvalue weighted by molar-refractivity contribution is -0.141. The summed E-state index contributed by atoms with van der Waals surface area (Å²) in [6.07, 6.45) is 0. The summed E-state index contributed by atoms with van der Waals surface area (Å²) in [6.45, 7) is 5.01. The van der Waals surface area contributed by atoms with Crippen LogP contribution in [0, 0.1) is 5.92 Å². The minimum absolute atomic E-state index is 0.268. The van der Waals surface area contributed by atoms with Crippen LogP contribution < -0.4 is 10.6 Å². The molecule has 0 radical (unpaired) electrons. The summed E-state index contributed by atoms with van der Waals surface area (Å²) in [5.74, 6) is -1.60. The third-order valence-corrected chi connectivity index (χ3v) is 3.56. The molecule has 0 heterocycles. The largest absolute Gasteiger partial charge is 0.481 e. The highest BCUT2D eigenvalue weighted by molar-refractivity contribution is 6.31. The molecular weight excluding hydrogens is 280 g/mol. The molecule has 0 aromatic heterocycles. The Morgan fingerprint density at radius 1 is 1.15 bits per heavy atom. The van der Waals surface area contributed by atoms with Crippen LogP contribution in [-0.2, 0) is 4.79 Å². The summed E-state index contributed by atoms with van der Waals surface area (Å²) >= 11 is 6.05. The van der Waals surface area contributed by atoms with Crippen molar-refractivity contribution in [1.29, 1.82) is 0 Å². The van der Waals surface area contributed by atoms with E-state index in [0.29, 0.717) is 5.02 Å². The molecule has 3 atom stereocenters. The van der Waals surface area contributed by atoms with E-state index in [1.54, 1.807) is 19.9 Å². The Kier molecular flexibility index (Phi) is 5.82. The molecule has 6 heteroatoms. The maximum Gasteiger partial charge on any atom is 0.315 e. The molecule has 0 spiro atoms. The van der Waals surface area contributed by atoms with E-state index in [9.17, 15) is 9.59 Å². The number of rotatable bonds is 5. The number of urea groups is 1. The fraction of sp³-hybridized carbons (Fsp3) is 0.429. The zero-order valence-corrected chi connectivity index (χ0v) is 12.4. The maximum absolute atomic E-state index is 11.8. The first-order valence-electron chi connectivity index (χ1n) is 6.37. The molecule has 0 saturated heterocycles. The first kappa shape index (κ1) is 16.3. The molecule has 3 unspecified atom stereocenters. The van der Waals surface area contributed by atoms with Gasteiger partial charge in [0.15, 0.2) is 0 Å². The summed E-state index contributed by atoms with van der Waals surface area (Å²) in [4.78, 5) is 22.6. The SMILES string of the molecule is CC(NC(=O)NC(C)C(C)C(=O)O)c1ccccc1Cl. The van der Waals surface area contributed by atoms with Crippen LogP contribution in [0.4, 0.5) is 4.79 Å². The van der Waals surface area contributed by atoms with Gasteiger partial charge in [-0.25, -0.2) is 4.79 Å². The molecule has 0 saturated carbocycles. The average molecular weight is 299 g/mol. The van der Waals surface area contributed by atoms with Crippen LogP contribution in [0.25, 0.3) is 0 Å². The van der Waals surface area contributed by atoms with Crippen LogP contribution in [-0.4, -0.2) is 23.1 Å². The Morgan fingerprint density at radius 3 is 2.30 bits per heavy atom. The number of amides is 2. The number of carbonyl (C=O) groups is 2. The van der Waals surface area contributed by atoms with Crippen LogP contribution in [0.3, 0.4) is 0 Å². The lowest BCUT2D eigenvalue weighted by Gasteiger charge is -2.21. The zero-order chi connectivity index (χ0) is 15.3. The Balaban J connectivity index is 2.59. The summed E-state index contributed by atoms with van der Waals surface area (Å²) in [7, 11) is 0. The molecule has 0 aliphatic carbocycles. The Hall–Kier alpha value is -1.75. The van der Waals surface area contributed by atoms with Crippen molar-refractivity contribution in [3.63, 3.8) is 0 Å². The molecule has 5 nitrogen and oxygen atoms in total. The van der Waals surface area contributed by atoms with Crippen molar-refractivity contribution in [2.75, 3.05) is 0 Å². The van der Waals surface area contributed by atoms with Gasteiger partial charge in [-0.1, -0.05) is 29.8 Å². The normalized spacial score (nSPS) is 15.0. The standard InChI is InChI=1S/C14H19ClN2O3/c1-8(13(18)19)9(2)16-14(20)17-10(3)11-6-4-5-7-12(11)15/h4-10H,1-3H3,(H,18,19)(H2,16,17,20). The molecule has 1 aromatic rings. The van der Waals surface area contributed by atoms with Crippen molar-refractivity contribution in [2.24, 2.45) is 5.92 Å². The quantitative estimate of drug-likeness (QED) is 0.782. The average Bonchev–Trinajstić information content (AvgIpc) is 2.37. The number of hydrogen-bond acceptors (Lipinski definition) is 2. The molecule has 0 aliphatic rings. The van der Waals surface area contributed by atoms with E-state index in [1.165, 1.54) is 0 Å². The molecule has 20 heavy (non-hydrogen) atoms. The van der Waals surface area contributed by atoms with E-state index in [1.807, 2.05) is 25.1 Å². The Bertz CT molecular complexity index is 493. The molecule has 3 N–H and O–H groups in total. The number of carbonyl (C=O) groups excluding carboxylic acids is 1. The second kappa shape index (κ2) is 7.14. The molecule has 110 valence electrons. The Morgan fingerprint density at radius 2 is 1.75 bits per heavy atom. The first-order valence-corrected chi connectivity index (χ1v) is 6.75. The van der Waals surface area contributed by atoms with Gasteiger partial charge in [0.05, 0.1) is 12.0 Å². The fourth-order valence-corrected chi connectivity index (χ4v) is 1.99. The predicted octanol–water partition coefficient (Wildman–Crippen LogP) is 2.81. The molecule has 0 aliphatic heterocycles.